The average molecular weight is 343 g/mol. The van der Waals surface area contributed by atoms with Crippen molar-refractivity contribution in [3.8, 4) is 0 Å². The van der Waals surface area contributed by atoms with E-state index in [-0.39, 0.29) is 6.04 Å². The predicted molar refractivity (Wildman–Crippen MR) is 93.7 cm³/mol. The summed E-state index contributed by atoms with van der Waals surface area (Å²) >= 11 is 6.30. The summed E-state index contributed by atoms with van der Waals surface area (Å²) in [4.78, 5) is 11.5. The van der Waals surface area contributed by atoms with Gasteiger partial charge in [0.05, 0.1) is 23.6 Å². The minimum atomic E-state index is -0.509. The minimum absolute atomic E-state index is 0.223. The fourth-order valence-corrected chi connectivity index (χ4v) is 2.74. The third kappa shape index (κ3) is 5.57. The molecule has 0 aromatic carbocycles. The molecule has 1 aromatic heterocycles. The lowest BCUT2D eigenvalue weighted by molar-refractivity contribution is 0.168. The van der Waals surface area contributed by atoms with E-state index in [2.05, 4.69) is 25.5 Å². The normalized spacial score (nSPS) is 11.3. The third-order valence-electron chi connectivity index (χ3n) is 2.46. The number of ether oxygens (including phenoxy) is 1. The summed E-state index contributed by atoms with van der Waals surface area (Å²) in [5.74, 6) is 0. The number of rotatable bonds is 5. The molecule has 1 rings (SSSR count). The van der Waals surface area contributed by atoms with E-state index in [1.165, 1.54) is 11.5 Å². The van der Waals surface area contributed by atoms with Crippen molar-refractivity contribution in [1.82, 2.24) is 15.1 Å². The van der Waals surface area contributed by atoms with Gasteiger partial charge in [-0.15, -0.1) is 0 Å². The van der Waals surface area contributed by atoms with Crippen LogP contribution in [0.2, 0.25) is 0 Å². The molecule has 22 heavy (non-hydrogen) atoms. The lowest BCUT2D eigenvalue weighted by Crippen LogP contribution is -2.37. The number of nitrogens with zero attached hydrogens (tertiary/aromatic N) is 2. The standard InChI is InChI=1S/C13H21N5O2S2/c1-6-20-13(19)15-11-10(9(5)18-22-11)8(4)16-17-12(21)14-7(2)3/h7H,6H2,1-5H3,(H,15,19)(H2,14,17,21)/b16-8+. The molecule has 0 saturated carbocycles. The maximum Gasteiger partial charge on any atom is 0.412 e. The molecule has 0 aliphatic heterocycles. The van der Waals surface area contributed by atoms with Gasteiger partial charge in [-0.2, -0.15) is 9.47 Å². The summed E-state index contributed by atoms with van der Waals surface area (Å²) in [7, 11) is 0. The van der Waals surface area contributed by atoms with Crippen molar-refractivity contribution in [1.29, 1.82) is 0 Å². The second-order valence-electron chi connectivity index (χ2n) is 4.75. The first-order chi connectivity index (χ1) is 10.3. The molecule has 0 unspecified atom stereocenters. The Balaban J connectivity index is 2.84. The SMILES string of the molecule is CCOC(=O)Nc1snc(C)c1/C(C)=N/NC(=S)NC(C)C. The molecule has 0 fully saturated rings. The topological polar surface area (TPSA) is 87.6 Å². The minimum Gasteiger partial charge on any atom is -0.450 e. The number of anilines is 1. The lowest BCUT2D eigenvalue weighted by atomic mass is 10.2. The Labute approximate surface area is 139 Å². The van der Waals surface area contributed by atoms with Crippen LogP contribution in [0, 0.1) is 6.92 Å². The fraction of sp³-hybridized carbons (Fsp3) is 0.538. The first-order valence-corrected chi connectivity index (χ1v) is 8.04. The van der Waals surface area contributed by atoms with Crippen molar-refractivity contribution in [2.45, 2.75) is 40.7 Å². The quantitative estimate of drug-likeness (QED) is 0.433. The van der Waals surface area contributed by atoms with E-state index in [1.807, 2.05) is 27.7 Å². The molecule has 9 heteroatoms. The molecule has 0 radical (unpaired) electrons. The molecule has 0 spiro atoms. The Morgan fingerprint density at radius 1 is 1.50 bits per heavy atom. The highest BCUT2D eigenvalue weighted by atomic mass is 32.1. The molecule has 122 valence electrons. The maximum atomic E-state index is 11.5. The van der Waals surface area contributed by atoms with Crippen LogP contribution in [0.5, 0.6) is 0 Å². The summed E-state index contributed by atoms with van der Waals surface area (Å²) < 4.78 is 9.11. The van der Waals surface area contributed by atoms with Crippen LogP contribution in [0.1, 0.15) is 39.0 Å². The van der Waals surface area contributed by atoms with Crippen molar-refractivity contribution >= 4 is 45.7 Å². The zero-order chi connectivity index (χ0) is 16.7. The van der Waals surface area contributed by atoms with Gasteiger partial charge < -0.3 is 10.1 Å². The van der Waals surface area contributed by atoms with Crippen molar-refractivity contribution in [3.63, 3.8) is 0 Å². The van der Waals surface area contributed by atoms with Gasteiger partial charge in [-0.25, -0.2) is 4.79 Å². The van der Waals surface area contributed by atoms with Crippen LogP contribution in [-0.2, 0) is 4.74 Å². The van der Waals surface area contributed by atoms with Crippen molar-refractivity contribution in [2.24, 2.45) is 5.10 Å². The first kappa shape index (κ1) is 18.3. The van der Waals surface area contributed by atoms with Crippen molar-refractivity contribution in [3.05, 3.63) is 11.3 Å². The predicted octanol–water partition coefficient (Wildman–Crippen LogP) is 2.62. The number of amides is 1. The van der Waals surface area contributed by atoms with Gasteiger partial charge in [-0.3, -0.25) is 10.7 Å². The molecular weight excluding hydrogens is 322 g/mol. The van der Waals surface area contributed by atoms with Crippen molar-refractivity contribution in [2.75, 3.05) is 11.9 Å². The number of hydrazone groups is 1. The smallest absolute Gasteiger partial charge is 0.412 e. The van der Waals surface area contributed by atoms with Crippen LogP contribution >= 0.6 is 23.8 Å². The Morgan fingerprint density at radius 2 is 2.18 bits per heavy atom. The van der Waals surface area contributed by atoms with E-state index in [9.17, 15) is 4.79 Å². The average Bonchev–Trinajstić information content (AvgIpc) is 2.76. The summed E-state index contributed by atoms with van der Waals surface area (Å²) in [5.41, 5.74) is 4.99. The monoisotopic (exact) mass is 343 g/mol. The molecule has 1 amide bonds. The number of hydrogen-bond donors (Lipinski definition) is 3. The van der Waals surface area contributed by atoms with E-state index in [4.69, 9.17) is 17.0 Å². The van der Waals surface area contributed by atoms with Crippen LogP contribution in [0.25, 0.3) is 0 Å². The Kier molecular flexibility index (Phi) is 7.19. The number of hydrogen-bond acceptors (Lipinski definition) is 6. The molecule has 1 heterocycles. The van der Waals surface area contributed by atoms with Gasteiger partial charge in [0.15, 0.2) is 5.11 Å². The first-order valence-electron chi connectivity index (χ1n) is 6.86. The second-order valence-corrected chi connectivity index (χ2v) is 5.94. The van der Waals surface area contributed by atoms with Crippen LogP contribution in [-0.4, -0.2) is 33.9 Å². The van der Waals surface area contributed by atoms with E-state index in [1.54, 1.807) is 6.92 Å². The maximum absolute atomic E-state index is 11.5. The number of aromatic nitrogens is 1. The zero-order valence-electron chi connectivity index (χ0n) is 13.3. The number of nitrogens with one attached hydrogen (secondary N) is 3. The van der Waals surface area contributed by atoms with Crippen LogP contribution in [0.3, 0.4) is 0 Å². The molecule has 0 saturated heterocycles. The summed E-state index contributed by atoms with van der Waals surface area (Å²) in [6.07, 6.45) is -0.509. The number of thiocarbonyl (C=S) groups is 1. The highest BCUT2D eigenvalue weighted by Gasteiger charge is 2.16. The van der Waals surface area contributed by atoms with Gasteiger partial charge in [0.1, 0.15) is 5.00 Å². The highest BCUT2D eigenvalue weighted by molar-refractivity contribution is 7.80. The Morgan fingerprint density at radius 3 is 2.77 bits per heavy atom. The molecule has 0 bridgehead atoms. The molecule has 1 aromatic rings. The Bertz CT molecular complexity index is 569. The van der Waals surface area contributed by atoms with Gasteiger partial charge in [0.2, 0.25) is 0 Å². The van der Waals surface area contributed by atoms with Crippen LogP contribution in [0.15, 0.2) is 5.10 Å². The van der Waals surface area contributed by atoms with Gasteiger partial charge in [0, 0.05) is 6.04 Å². The zero-order valence-corrected chi connectivity index (χ0v) is 14.9. The van der Waals surface area contributed by atoms with Gasteiger partial charge in [-0.05, 0) is 58.4 Å². The molecule has 0 aliphatic carbocycles. The number of carbonyl (C=O) groups is 1. The highest BCUT2D eigenvalue weighted by Crippen LogP contribution is 2.25. The largest absolute Gasteiger partial charge is 0.450 e. The summed E-state index contributed by atoms with van der Waals surface area (Å²) in [5, 5.41) is 11.0. The lowest BCUT2D eigenvalue weighted by Gasteiger charge is -2.11. The Hall–Kier alpha value is -1.74. The molecule has 3 N–H and O–H groups in total. The number of carbonyl (C=O) groups excluding carboxylic acids is 1. The van der Waals surface area contributed by atoms with Gasteiger partial charge in [0.25, 0.3) is 0 Å². The van der Waals surface area contributed by atoms with Gasteiger partial charge >= 0.3 is 6.09 Å². The van der Waals surface area contributed by atoms with E-state index < -0.39 is 6.09 Å². The second kappa shape index (κ2) is 8.64. The van der Waals surface area contributed by atoms with E-state index in [0.29, 0.717) is 22.4 Å². The van der Waals surface area contributed by atoms with Crippen molar-refractivity contribution < 1.29 is 9.53 Å². The number of aryl methyl sites for hydroxylation is 1. The van der Waals surface area contributed by atoms with E-state index >= 15 is 0 Å². The molecule has 0 aliphatic rings. The van der Waals surface area contributed by atoms with Crippen LogP contribution < -0.4 is 16.1 Å². The molecule has 7 nitrogen and oxygen atoms in total. The third-order valence-corrected chi connectivity index (χ3v) is 3.52. The summed E-state index contributed by atoms with van der Waals surface area (Å²) in [6.45, 7) is 9.70. The van der Waals surface area contributed by atoms with Crippen LogP contribution in [0.4, 0.5) is 9.80 Å². The molecule has 0 atom stereocenters. The molecular formula is C13H21N5O2S2. The fourth-order valence-electron chi connectivity index (χ4n) is 1.63. The summed E-state index contributed by atoms with van der Waals surface area (Å²) in [6, 6.07) is 0.223. The van der Waals surface area contributed by atoms with Gasteiger partial charge in [-0.1, -0.05) is 0 Å². The van der Waals surface area contributed by atoms with E-state index in [0.717, 1.165) is 11.3 Å².